The molecule has 2 aromatic carbocycles. The van der Waals surface area contributed by atoms with E-state index in [-0.39, 0.29) is 17.5 Å². The van der Waals surface area contributed by atoms with Crippen LogP contribution in [-0.2, 0) is 6.42 Å². The Balaban J connectivity index is 1.52. The number of benzene rings is 2. The molecule has 6 nitrogen and oxygen atoms in total. The van der Waals surface area contributed by atoms with Crippen molar-refractivity contribution in [1.82, 2.24) is 4.98 Å². The zero-order valence-corrected chi connectivity index (χ0v) is 15.4. The van der Waals surface area contributed by atoms with E-state index in [0.29, 0.717) is 23.5 Å². The van der Waals surface area contributed by atoms with Crippen LogP contribution in [0.1, 0.15) is 26.4 Å². The number of pyridine rings is 1. The third-order valence-corrected chi connectivity index (χ3v) is 4.72. The van der Waals surface area contributed by atoms with Gasteiger partial charge < -0.3 is 15.0 Å². The summed E-state index contributed by atoms with van der Waals surface area (Å²) in [5, 5.41) is 2.81. The first-order chi connectivity index (χ1) is 13.7. The first-order valence-corrected chi connectivity index (χ1v) is 8.97. The van der Waals surface area contributed by atoms with Crippen molar-refractivity contribution in [3.8, 4) is 5.75 Å². The van der Waals surface area contributed by atoms with Gasteiger partial charge in [-0.05, 0) is 54.4 Å². The predicted molar refractivity (Wildman–Crippen MR) is 107 cm³/mol. The number of carbonyl (C=O) groups is 2. The second kappa shape index (κ2) is 7.52. The first-order valence-electron chi connectivity index (χ1n) is 8.97. The third-order valence-electron chi connectivity index (χ3n) is 4.72. The van der Waals surface area contributed by atoms with Crippen LogP contribution in [0, 0.1) is 0 Å². The van der Waals surface area contributed by atoms with Gasteiger partial charge in [0.05, 0.1) is 7.11 Å². The van der Waals surface area contributed by atoms with E-state index in [1.54, 1.807) is 42.3 Å². The van der Waals surface area contributed by atoms with Crippen LogP contribution in [-0.4, -0.2) is 30.5 Å². The number of hydrogen-bond donors (Lipinski definition) is 1. The number of nitrogens with zero attached hydrogens (tertiary/aromatic N) is 2. The van der Waals surface area contributed by atoms with Gasteiger partial charge in [0.15, 0.2) is 0 Å². The maximum absolute atomic E-state index is 12.9. The second-order valence-electron chi connectivity index (χ2n) is 6.45. The van der Waals surface area contributed by atoms with Gasteiger partial charge in [0.1, 0.15) is 11.4 Å². The lowest BCUT2D eigenvalue weighted by atomic mass is 10.1. The van der Waals surface area contributed by atoms with Crippen LogP contribution >= 0.6 is 0 Å². The molecule has 2 heterocycles. The summed E-state index contributed by atoms with van der Waals surface area (Å²) in [4.78, 5) is 31.4. The van der Waals surface area contributed by atoms with Gasteiger partial charge >= 0.3 is 0 Å². The summed E-state index contributed by atoms with van der Waals surface area (Å²) < 4.78 is 5.11. The Bertz CT molecular complexity index is 1030. The molecule has 0 atom stereocenters. The molecule has 1 aliphatic rings. The number of aromatic nitrogens is 1. The fourth-order valence-corrected chi connectivity index (χ4v) is 3.25. The fourth-order valence-electron chi connectivity index (χ4n) is 3.25. The third kappa shape index (κ3) is 3.44. The molecule has 1 N–H and O–H groups in total. The van der Waals surface area contributed by atoms with Gasteiger partial charge in [0, 0.05) is 29.7 Å². The highest BCUT2D eigenvalue weighted by Gasteiger charge is 2.26. The molecule has 1 aliphatic heterocycles. The molecule has 1 aromatic heterocycles. The van der Waals surface area contributed by atoms with Crippen LogP contribution in [0.2, 0.25) is 0 Å². The average molecular weight is 373 g/mol. The number of rotatable bonds is 4. The van der Waals surface area contributed by atoms with Crippen LogP contribution in [0.25, 0.3) is 0 Å². The maximum Gasteiger partial charge on any atom is 0.276 e. The summed E-state index contributed by atoms with van der Waals surface area (Å²) in [5.41, 5.74) is 3.32. The quantitative estimate of drug-likeness (QED) is 0.759. The SMILES string of the molecule is COc1ccc(NC(=O)c2ccnc(C(=O)N3CCc4ccccc43)c2)cc1. The lowest BCUT2D eigenvalue weighted by molar-refractivity contribution is 0.0984. The number of carbonyl (C=O) groups excluding carboxylic acids is 2. The Labute approximate surface area is 162 Å². The van der Waals surface area contributed by atoms with Gasteiger partial charge in [-0.15, -0.1) is 0 Å². The van der Waals surface area contributed by atoms with Crippen molar-refractivity contribution in [2.45, 2.75) is 6.42 Å². The molecule has 0 saturated carbocycles. The molecule has 0 fully saturated rings. The topological polar surface area (TPSA) is 71.5 Å². The number of amides is 2. The molecule has 0 spiro atoms. The van der Waals surface area contributed by atoms with Gasteiger partial charge in [0.25, 0.3) is 11.8 Å². The first kappa shape index (κ1) is 17.7. The minimum Gasteiger partial charge on any atom is -0.497 e. The minimum absolute atomic E-state index is 0.205. The number of methoxy groups -OCH3 is 1. The Kier molecular flexibility index (Phi) is 4.76. The largest absolute Gasteiger partial charge is 0.497 e. The van der Waals surface area contributed by atoms with Gasteiger partial charge in [-0.2, -0.15) is 0 Å². The molecule has 4 rings (SSSR count). The standard InChI is InChI=1S/C22H19N3O3/c1-28-18-8-6-17(7-9-18)24-21(26)16-10-12-23-19(14-16)22(27)25-13-11-15-4-2-3-5-20(15)25/h2-10,12,14H,11,13H2,1H3,(H,24,26). The molecule has 0 bridgehead atoms. The molecule has 28 heavy (non-hydrogen) atoms. The van der Waals surface area contributed by atoms with Crippen molar-refractivity contribution >= 4 is 23.2 Å². The molecule has 140 valence electrons. The minimum atomic E-state index is -0.302. The predicted octanol–water partition coefficient (Wildman–Crippen LogP) is 3.55. The highest BCUT2D eigenvalue weighted by Crippen LogP contribution is 2.28. The Morgan fingerprint density at radius 1 is 1.07 bits per heavy atom. The van der Waals surface area contributed by atoms with Gasteiger partial charge in [-0.25, -0.2) is 0 Å². The summed E-state index contributed by atoms with van der Waals surface area (Å²) in [6.07, 6.45) is 2.30. The molecule has 3 aromatic rings. The van der Waals surface area contributed by atoms with Crippen LogP contribution < -0.4 is 15.0 Å². The lowest BCUT2D eigenvalue weighted by Crippen LogP contribution is -2.30. The zero-order valence-electron chi connectivity index (χ0n) is 15.4. The van der Waals surface area contributed by atoms with E-state index >= 15 is 0 Å². The number of anilines is 2. The van der Waals surface area contributed by atoms with Crippen LogP contribution in [0.3, 0.4) is 0 Å². The van der Waals surface area contributed by atoms with Crippen LogP contribution in [0.4, 0.5) is 11.4 Å². The Morgan fingerprint density at radius 2 is 1.86 bits per heavy atom. The molecule has 6 heteroatoms. The molecule has 0 aliphatic carbocycles. The number of fused-ring (bicyclic) bond motifs is 1. The van der Waals surface area contributed by atoms with Crippen molar-refractivity contribution < 1.29 is 14.3 Å². The molecule has 0 saturated heterocycles. The fraction of sp³-hybridized carbons (Fsp3) is 0.136. The summed E-state index contributed by atoms with van der Waals surface area (Å²) in [7, 11) is 1.59. The summed E-state index contributed by atoms with van der Waals surface area (Å²) in [6, 6.07) is 18.0. The molecular weight excluding hydrogens is 354 g/mol. The van der Waals surface area contributed by atoms with Crippen molar-refractivity contribution in [1.29, 1.82) is 0 Å². The molecule has 2 amide bonds. The zero-order chi connectivity index (χ0) is 19.5. The number of nitrogens with one attached hydrogen (secondary N) is 1. The van der Waals surface area contributed by atoms with Crippen molar-refractivity contribution in [3.63, 3.8) is 0 Å². The molecule has 0 radical (unpaired) electrons. The number of para-hydroxylation sites is 1. The number of hydrogen-bond acceptors (Lipinski definition) is 4. The van der Waals surface area contributed by atoms with E-state index in [1.165, 1.54) is 12.3 Å². The normalized spacial score (nSPS) is 12.4. The second-order valence-corrected chi connectivity index (χ2v) is 6.45. The van der Waals surface area contributed by atoms with E-state index in [2.05, 4.69) is 10.3 Å². The highest BCUT2D eigenvalue weighted by atomic mass is 16.5. The molecular formula is C22H19N3O3. The van der Waals surface area contributed by atoms with E-state index in [9.17, 15) is 9.59 Å². The van der Waals surface area contributed by atoms with E-state index < -0.39 is 0 Å². The lowest BCUT2D eigenvalue weighted by Gasteiger charge is -2.17. The van der Waals surface area contributed by atoms with Gasteiger partial charge in [0.2, 0.25) is 0 Å². The summed E-state index contributed by atoms with van der Waals surface area (Å²) in [6.45, 7) is 0.613. The van der Waals surface area contributed by atoms with E-state index in [1.807, 2.05) is 24.3 Å². The Morgan fingerprint density at radius 3 is 2.64 bits per heavy atom. The van der Waals surface area contributed by atoms with Crippen molar-refractivity contribution in [3.05, 3.63) is 83.7 Å². The molecule has 0 unspecified atom stereocenters. The summed E-state index contributed by atoms with van der Waals surface area (Å²) in [5.74, 6) is 0.202. The van der Waals surface area contributed by atoms with Crippen molar-refractivity contribution in [2.24, 2.45) is 0 Å². The Hall–Kier alpha value is -3.67. The maximum atomic E-state index is 12.9. The van der Waals surface area contributed by atoms with Crippen LogP contribution in [0.15, 0.2) is 66.9 Å². The highest BCUT2D eigenvalue weighted by molar-refractivity contribution is 6.09. The monoisotopic (exact) mass is 373 g/mol. The van der Waals surface area contributed by atoms with E-state index in [4.69, 9.17) is 4.74 Å². The van der Waals surface area contributed by atoms with Crippen LogP contribution in [0.5, 0.6) is 5.75 Å². The summed E-state index contributed by atoms with van der Waals surface area (Å²) >= 11 is 0. The van der Waals surface area contributed by atoms with Crippen molar-refractivity contribution in [2.75, 3.05) is 23.9 Å². The van der Waals surface area contributed by atoms with E-state index in [0.717, 1.165) is 17.7 Å². The smallest absolute Gasteiger partial charge is 0.276 e. The van der Waals surface area contributed by atoms with Gasteiger partial charge in [-0.3, -0.25) is 14.6 Å². The average Bonchev–Trinajstić information content (AvgIpc) is 3.18. The van der Waals surface area contributed by atoms with Gasteiger partial charge in [-0.1, -0.05) is 18.2 Å². The number of ether oxygens (including phenoxy) is 1.